The summed E-state index contributed by atoms with van der Waals surface area (Å²) in [6, 6.07) is 16.9. The zero-order chi connectivity index (χ0) is 42.4. The molecule has 0 spiro atoms. The number of H-pyrrole nitrogens is 2. The Kier molecular flexibility index (Phi) is 13.3. The van der Waals surface area contributed by atoms with Crippen LogP contribution in [-0.2, 0) is 25.6 Å². The number of aromatic nitrogens is 5. The van der Waals surface area contributed by atoms with Crippen molar-refractivity contribution >= 4 is 35.2 Å². The summed E-state index contributed by atoms with van der Waals surface area (Å²) in [6.07, 6.45) is 3.83. The summed E-state index contributed by atoms with van der Waals surface area (Å²) in [5, 5.41) is 5.38. The summed E-state index contributed by atoms with van der Waals surface area (Å²) >= 11 is 0. The maximum atomic E-state index is 13.7. The quantitative estimate of drug-likeness (QED) is 0.0909. The summed E-state index contributed by atoms with van der Waals surface area (Å²) < 4.78 is 9.53. The molecule has 4 amide bonds. The Bertz CT molecular complexity index is 2250. The molecule has 0 radical (unpaired) electrons. The maximum absolute atomic E-state index is 13.7. The second kappa shape index (κ2) is 18.6. The van der Waals surface area contributed by atoms with Crippen molar-refractivity contribution in [1.29, 1.82) is 0 Å². The molecule has 4 heterocycles. The van der Waals surface area contributed by atoms with Crippen LogP contribution in [0.25, 0.3) is 44.7 Å². The van der Waals surface area contributed by atoms with Gasteiger partial charge < -0.3 is 39.9 Å². The standard InChI is InChI=1S/C44H55N9O6/c1-9-18-52(41(54)37(25(2)3)50-43(56)58-7)24-36-47-33-20-32(21-45-39(33)49-36)30-12-10-28(11-13-30)29-14-16-31(17-15-29)34-22-46-40(48-34)35-19-27(6)23-53(35)42(55)38(26(4)5)51-44(57)59-8/h10-17,20-22,25-27,35,37-38H,9,18-19,23-24H2,1-8H3,(H,46,48)(H,50,56)(H,51,57)(H,45,47,49). The predicted octanol–water partition coefficient (Wildman–Crippen LogP) is 7.09. The molecule has 3 aromatic heterocycles. The first-order valence-corrected chi connectivity index (χ1v) is 20.2. The van der Waals surface area contributed by atoms with Crippen LogP contribution in [0.2, 0.25) is 0 Å². The van der Waals surface area contributed by atoms with Crippen molar-refractivity contribution in [3.63, 3.8) is 0 Å². The van der Waals surface area contributed by atoms with Gasteiger partial charge in [-0.3, -0.25) is 9.59 Å². The van der Waals surface area contributed by atoms with Crippen LogP contribution in [-0.4, -0.2) is 98.1 Å². The molecule has 1 aliphatic rings. The number of carbonyl (C=O) groups is 4. The van der Waals surface area contributed by atoms with Crippen LogP contribution < -0.4 is 10.6 Å². The Hall–Kier alpha value is -6.25. The Morgan fingerprint density at radius 3 is 1.97 bits per heavy atom. The largest absolute Gasteiger partial charge is 0.453 e. The number of ether oxygens (including phenoxy) is 2. The fourth-order valence-electron chi connectivity index (χ4n) is 7.57. The van der Waals surface area contributed by atoms with Gasteiger partial charge in [-0.25, -0.2) is 24.5 Å². The van der Waals surface area contributed by atoms with Gasteiger partial charge in [0.15, 0.2) is 5.65 Å². The number of methoxy groups -OCH3 is 2. The number of pyridine rings is 1. The second-order valence-electron chi connectivity index (χ2n) is 15.9. The first-order chi connectivity index (χ1) is 28.3. The molecular formula is C44H55N9O6. The van der Waals surface area contributed by atoms with Gasteiger partial charge in [0.25, 0.3) is 0 Å². The molecule has 1 aliphatic heterocycles. The summed E-state index contributed by atoms with van der Waals surface area (Å²) in [6.45, 7) is 13.0. The molecular weight excluding hydrogens is 751 g/mol. The van der Waals surface area contributed by atoms with Crippen LogP contribution in [0.4, 0.5) is 9.59 Å². The lowest BCUT2D eigenvalue weighted by atomic mass is 10.00. The van der Waals surface area contributed by atoms with E-state index in [9.17, 15) is 19.2 Å². The Morgan fingerprint density at radius 2 is 1.39 bits per heavy atom. The lowest BCUT2D eigenvalue weighted by Crippen LogP contribution is -2.51. The molecule has 4 atom stereocenters. The van der Waals surface area contributed by atoms with Crippen molar-refractivity contribution in [1.82, 2.24) is 45.4 Å². The highest BCUT2D eigenvalue weighted by molar-refractivity contribution is 5.87. The monoisotopic (exact) mass is 805 g/mol. The van der Waals surface area contributed by atoms with E-state index in [0.29, 0.717) is 24.6 Å². The van der Waals surface area contributed by atoms with E-state index in [0.717, 1.165) is 57.7 Å². The fraction of sp³-hybridized carbons (Fsp3) is 0.432. The molecule has 0 saturated carbocycles. The average Bonchev–Trinajstić information content (AvgIpc) is 3.99. The van der Waals surface area contributed by atoms with Crippen LogP contribution >= 0.6 is 0 Å². The van der Waals surface area contributed by atoms with Gasteiger partial charge >= 0.3 is 12.2 Å². The number of nitrogens with zero attached hydrogens (tertiary/aromatic N) is 5. The van der Waals surface area contributed by atoms with Gasteiger partial charge in [0.05, 0.1) is 44.2 Å². The topological polar surface area (TPSA) is 188 Å². The van der Waals surface area contributed by atoms with Crippen molar-refractivity contribution in [2.45, 2.75) is 79.1 Å². The predicted molar refractivity (Wildman–Crippen MR) is 225 cm³/mol. The molecule has 15 heteroatoms. The first-order valence-electron chi connectivity index (χ1n) is 20.2. The van der Waals surface area contributed by atoms with Gasteiger partial charge in [-0.15, -0.1) is 0 Å². The molecule has 312 valence electrons. The van der Waals surface area contributed by atoms with Crippen molar-refractivity contribution in [2.24, 2.45) is 17.8 Å². The molecule has 1 fully saturated rings. The third kappa shape index (κ3) is 9.73. The number of imidazole rings is 2. The second-order valence-corrected chi connectivity index (χ2v) is 15.9. The minimum Gasteiger partial charge on any atom is -0.453 e. The number of fused-ring (bicyclic) bond motifs is 1. The van der Waals surface area contributed by atoms with Gasteiger partial charge in [0.1, 0.15) is 23.7 Å². The summed E-state index contributed by atoms with van der Waals surface area (Å²) in [5.74, 6) is 1.00. The molecule has 2 aromatic carbocycles. The number of rotatable bonds is 14. The highest BCUT2D eigenvalue weighted by atomic mass is 16.5. The Balaban J connectivity index is 1.13. The van der Waals surface area contributed by atoms with Crippen molar-refractivity contribution in [2.75, 3.05) is 27.3 Å². The number of aromatic amines is 2. The highest BCUT2D eigenvalue weighted by Crippen LogP contribution is 2.36. The highest BCUT2D eigenvalue weighted by Gasteiger charge is 2.40. The van der Waals surface area contributed by atoms with Gasteiger partial charge in [0.2, 0.25) is 11.8 Å². The number of benzene rings is 2. The molecule has 5 aromatic rings. The minimum absolute atomic E-state index is 0.116. The molecule has 4 unspecified atom stereocenters. The number of carbonyl (C=O) groups excluding carboxylic acids is 4. The van der Waals surface area contributed by atoms with Gasteiger partial charge in [0, 0.05) is 24.8 Å². The zero-order valence-corrected chi connectivity index (χ0v) is 35.0. The third-order valence-corrected chi connectivity index (χ3v) is 10.8. The third-order valence-electron chi connectivity index (χ3n) is 10.8. The van der Waals surface area contributed by atoms with Crippen LogP contribution in [0, 0.1) is 17.8 Å². The summed E-state index contributed by atoms with van der Waals surface area (Å²) in [7, 11) is 2.57. The molecule has 15 nitrogen and oxygen atoms in total. The van der Waals surface area contributed by atoms with E-state index in [-0.39, 0.29) is 42.2 Å². The molecule has 6 rings (SSSR count). The van der Waals surface area contributed by atoms with Crippen LogP contribution in [0.3, 0.4) is 0 Å². The van der Waals surface area contributed by atoms with Crippen LogP contribution in [0.5, 0.6) is 0 Å². The molecule has 0 aliphatic carbocycles. The Labute approximate surface area is 344 Å². The van der Waals surface area contributed by atoms with Gasteiger partial charge in [-0.2, -0.15) is 0 Å². The lowest BCUT2D eigenvalue weighted by molar-refractivity contribution is -0.136. The Morgan fingerprint density at radius 1 is 0.814 bits per heavy atom. The average molecular weight is 806 g/mol. The summed E-state index contributed by atoms with van der Waals surface area (Å²) in [4.78, 5) is 75.5. The fourth-order valence-corrected chi connectivity index (χ4v) is 7.57. The van der Waals surface area contributed by atoms with Crippen LogP contribution in [0.15, 0.2) is 67.0 Å². The minimum atomic E-state index is -0.728. The number of hydrogen-bond acceptors (Lipinski definition) is 9. The maximum Gasteiger partial charge on any atom is 0.407 e. The number of hydrogen-bond donors (Lipinski definition) is 4. The lowest BCUT2D eigenvalue weighted by Gasteiger charge is -2.30. The molecule has 0 bridgehead atoms. The number of likely N-dealkylation sites (tertiary alicyclic amines) is 1. The molecule has 59 heavy (non-hydrogen) atoms. The van der Waals surface area contributed by atoms with Crippen LogP contribution in [0.1, 0.15) is 72.1 Å². The van der Waals surface area contributed by atoms with E-state index in [1.165, 1.54) is 14.2 Å². The number of alkyl carbamates (subject to hydrolysis) is 2. The van der Waals surface area contributed by atoms with E-state index in [4.69, 9.17) is 14.5 Å². The van der Waals surface area contributed by atoms with Crippen molar-refractivity contribution in [3.8, 4) is 33.5 Å². The van der Waals surface area contributed by atoms with E-state index in [1.54, 1.807) is 17.3 Å². The van der Waals surface area contributed by atoms with Gasteiger partial charge in [-0.1, -0.05) is 90.1 Å². The van der Waals surface area contributed by atoms with E-state index >= 15 is 0 Å². The van der Waals surface area contributed by atoms with Gasteiger partial charge in [-0.05, 0) is 58.9 Å². The van der Waals surface area contributed by atoms with E-state index in [2.05, 4.69) is 86.0 Å². The van der Waals surface area contributed by atoms with Crippen molar-refractivity contribution < 1.29 is 28.7 Å². The smallest absolute Gasteiger partial charge is 0.407 e. The zero-order valence-electron chi connectivity index (χ0n) is 35.0. The first kappa shape index (κ1) is 42.4. The van der Waals surface area contributed by atoms with E-state index < -0.39 is 24.3 Å². The number of nitrogens with one attached hydrogen (secondary N) is 4. The normalized spacial score (nSPS) is 16.3. The van der Waals surface area contributed by atoms with Crippen molar-refractivity contribution in [3.05, 3.63) is 78.6 Å². The molecule has 4 N–H and O–H groups in total. The summed E-state index contributed by atoms with van der Waals surface area (Å²) in [5.41, 5.74) is 7.16. The SMILES string of the molecule is CCCN(Cc1nc2ncc(-c3ccc(-c4ccc(-c5cnc(C6CC(C)CN6C(=O)C(NC(=O)OC)C(C)C)[nH]5)cc4)cc3)cc2[nH]1)C(=O)C(NC(=O)OC)C(C)C. The number of amides is 4. The van der Waals surface area contributed by atoms with E-state index in [1.807, 2.05) is 45.6 Å². The molecule has 1 saturated heterocycles.